The average Bonchev–Trinajstić information content (AvgIpc) is 2.21. The van der Waals surface area contributed by atoms with E-state index in [1.165, 1.54) is 0 Å². The van der Waals surface area contributed by atoms with E-state index in [0.717, 1.165) is 0 Å². The number of esters is 1. The highest BCUT2D eigenvalue weighted by molar-refractivity contribution is 5.91. The summed E-state index contributed by atoms with van der Waals surface area (Å²) >= 11 is 0. The smallest absolute Gasteiger partial charge is 0.338 e. The fraction of sp³-hybridized carbons (Fsp3) is 0.364. The predicted octanol–water partition coefficient (Wildman–Crippen LogP) is 2.27. The van der Waals surface area contributed by atoms with Gasteiger partial charge in [-0.05, 0) is 32.0 Å². The number of anilines is 1. The second-order valence-electron chi connectivity index (χ2n) is 2.91. The van der Waals surface area contributed by atoms with Gasteiger partial charge >= 0.3 is 5.97 Å². The molecule has 5 heteroatoms. The molecule has 1 aromatic rings. The molecule has 4 nitrogen and oxygen atoms in total. The van der Waals surface area contributed by atoms with Gasteiger partial charge in [0.1, 0.15) is 5.75 Å². The molecule has 1 aromatic carbocycles. The average molecular weight is 246 g/mol. The van der Waals surface area contributed by atoms with E-state index < -0.39 is 0 Å². The predicted molar refractivity (Wildman–Crippen MR) is 65.2 cm³/mol. The standard InChI is InChI=1S/C11H15NO3.ClH/c1-3-14-10-6-5-8(7-9(10)12)11(13)15-4-2;/h5-7H,3-4,12H2,1-2H3;1H. The Bertz CT molecular complexity index is 355. The van der Waals surface area contributed by atoms with Crippen LogP contribution in [0.4, 0.5) is 5.69 Å². The third kappa shape index (κ3) is 3.62. The molecule has 0 fully saturated rings. The van der Waals surface area contributed by atoms with Crippen LogP contribution in [0.5, 0.6) is 5.75 Å². The molecule has 2 N–H and O–H groups in total. The van der Waals surface area contributed by atoms with E-state index in [4.69, 9.17) is 15.2 Å². The van der Waals surface area contributed by atoms with Crippen LogP contribution in [0.1, 0.15) is 24.2 Å². The summed E-state index contributed by atoms with van der Waals surface area (Å²) in [6, 6.07) is 4.87. The van der Waals surface area contributed by atoms with Crippen LogP contribution in [0.15, 0.2) is 18.2 Å². The Morgan fingerprint density at radius 1 is 1.31 bits per heavy atom. The molecule has 0 heterocycles. The SMILES string of the molecule is CCOC(=O)c1ccc(OCC)c(N)c1.Cl. The van der Waals surface area contributed by atoms with Crippen molar-refractivity contribution in [2.45, 2.75) is 13.8 Å². The Balaban J connectivity index is 0.00000225. The fourth-order valence-corrected chi connectivity index (χ4v) is 1.18. The van der Waals surface area contributed by atoms with Gasteiger partial charge in [-0.25, -0.2) is 4.79 Å². The number of nitrogen functional groups attached to an aromatic ring is 1. The van der Waals surface area contributed by atoms with E-state index >= 15 is 0 Å². The Morgan fingerprint density at radius 3 is 2.50 bits per heavy atom. The van der Waals surface area contributed by atoms with Gasteiger partial charge in [0.15, 0.2) is 0 Å². The van der Waals surface area contributed by atoms with E-state index in [9.17, 15) is 4.79 Å². The van der Waals surface area contributed by atoms with Crippen molar-refractivity contribution in [2.24, 2.45) is 0 Å². The van der Waals surface area contributed by atoms with Gasteiger partial charge in [-0.2, -0.15) is 0 Å². The molecule has 16 heavy (non-hydrogen) atoms. The van der Waals surface area contributed by atoms with Crippen LogP contribution < -0.4 is 10.5 Å². The third-order valence-electron chi connectivity index (χ3n) is 1.82. The molecular weight excluding hydrogens is 230 g/mol. The highest BCUT2D eigenvalue weighted by atomic mass is 35.5. The molecule has 0 bridgehead atoms. The van der Waals surface area contributed by atoms with Gasteiger partial charge in [0.2, 0.25) is 0 Å². The number of hydrogen-bond donors (Lipinski definition) is 1. The van der Waals surface area contributed by atoms with Gasteiger partial charge in [0.25, 0.3) is 0 Å². The first-order valence-corrected chi connectivity index (χ1v) is 4.88. The lowest BCUT2D eigenvalue weighted by atomic mass is 10.2. The first kappa shape index (κ1) is 14.6. The molecule has 90 valence electrons. The second-order valence-corrected chi connectivity index (χ2v) is 2.91. The quantitative estimate of drug-likeness (QED) is 0.653. The first-order valence-electron chi connectivity index (χ1n) is 4.88. The van der Waals surface area contributed by atoms with Crippen molar-refractivity contribution in [3.63, 3.8) is 0 Å². The number of ether oxygens (including phenoxy) is 2. The fourth-order valence-electron chi connectivity index (χ4n) is 1.18. The van der Waals surface area contributed by atoms with Gasteiger partial charge < -0.3 is 15.2 Å². The lowest BCUT2D eigenvalue weighted by Gasteiger charge is -2.08. The summed E-state index contributed by atoms with van der Waals surface area (Å²) in [4.78, 5) is 11.3. The van der Waals surface area contributed by atoms with Gasteiger partial charge in [-0.3, -0.25) is 0 Å². The van der Waals surface area contributed by atoms with E-state index in [2.05, 4.69) is 0 Å². The number of carbonyl (C=O) groups excluding carboxylic acids is 1. The molecule has 0 saturated carbocycles. The molecule has 0 atom stereocenters. The zero-order valence-electron chi connectivity index (χ0n) is 9.36. The molecule has 0 amide bonds. The van der Waals surface area contributed by atoms with Crippen LogP contribution in [-0.2, 0) is 4.74 Å². The lowest BCUT2D eigenvalue weighted by Crippen LogP contribution is -2.06. The van der Waals surface area contributed by atoms with Crippen LogP contribution in [0.2, 0.25) is 0 Å². The van der Waals surface area contributed by atoms with Gasteiger partial charge in [-0.1, -0.05) is 0 Å². The minimum absolute atomic E-state index is 0. The monoisotopic (exact) mass is 245 g/mol. The molecule has 0 aliphatic rings. The van der Waals surface area contributed by atoms with Crippen molar-refractivity contribution < 1.29 is 14.3 Å². The molecule has 0 saturated heterocycles. The number of halogens is 1. The minimum atomic E-state index is -0.368. The van der Waals surface area contributed by atoms with Crippen molar-refractivity contribution >= 4 is 24.1 Å². The summed E-state index contributed by atoms with van der Waals surface area (Å²) < 4.78 is 10.1. The van der Waals surface area contributed by atoms with Gasteiger partial charge in [0.05, 0.1) is 24.5 Å². The van der Waals surface area contributed by atoms with Crippen molar-refractivity contribution in [3.8, 4) is 5.75 Å². The summed E-state index contributed by atoms with van der Waals surface area (Å²) in [7, 11) is 0. The number of hydrogen-bond acceptors (Lipinski definition) is 4. The Hall–Kier alpha value is -1.42. The van der Waals surface area contributed by atoms with E-state index in [0.29, 0.717) is 30.2 Å². The summed E-state index contributed by atoms with van der Waals surface area (Å²) in [5, 5.41) is 0. The minimum Gasteiger partial charge on any atom is -0.492 e. The van der Waals surface area contributed by atoms with Crippen LogP contribution in [0.3, 0.4) is 0 Å². The van der Waals surface area contributed by atoms with Crippen LogP contribution in [0.25, 0.3) is 0 Å². The summed E-state index contributed by atoms with van der Waals surface area (Å²) in [6.45, 7) is 4.53. The number of benzene rings is 1. The van der Waals surface area contributed by atoms with E-state index in [1.54, 1.807) is 25.1 Å². The van der Waals surface area contributed by atoms with Crippen LogP contribution in [0, 0.1) is 0 Å². The molecular formula is C11H16ClNO3. The molecule has 0 aliphatic carbocycles. The maximum absolute atomic E-state index is 11.3. The normalized spacial score (nSPS) is 9.12. The van der Waals surface area contributed by atoms with Gasteiger partial charge in [-0.15, -0.1) is 12.4 Å². The molecule has 0 aromatic heterocycles. The lowest BCUT2D eigenvalue weighted by molar-refractivity contribution is 0.0526. The Kier molecular flexibility index (Phi) is 6.34. The Labute approximate surface area is 101 Å². The van der Waals surface area contributed by atoms with Crippen molar-refractivity contribution in [1.82, 2.24) is 0 Å². The Morgan fingerprint density at radius 2 is 2.00 bits per heavy atom. The molecule has 0 aliphatic heterocycles. The van der Waals surface area contributed by atoms with Gasteiger partial charge in [0, 0.05) is 0 Å². The molecule has 0 radical (unpaired) electrons. The largest absolute Gasteiger partial charge is 0.492 e. The van der Waals surface area contributed by atoms with Crippen molar-refractivity contribution in [2.75, 3.05) is 18.9 Å². The van der Waals surface area contributed by atoms with E-state index in [-0.39, 0.29) is 18.4 Å². The first-order chi connectivity index (χ1) is 7.19. The summed E-state index contributed by atoms with van der Waals surface area (Å²) in [5.74, 6) is 0.220. The highest BCUT2D eigenvalue weighted by Gasteiger charge is 2.08. The zero-order chi connectivity index (χ0) is 11.3. The topological polar surface area (TPSA) is 61.5 Å². The molecule has 0 spiro atoms. The second kappa shape index (κ2) is 6.95. The number of rotatable bonds is 4. The maximum atomic E-state index is 11.3. The highest BCUT2D eigenvalue weighted by Crippen LogP contribution is 2.22. The third-order valence-corrected chi connectivity index (χ3v) is 1.82. The van der Waals surface area contributed by atoms with Crippen LogP contribution in [-0.4, -0.2) is 19.2 Å². The molecule has 0 unspecified atom stereocenters. The van der Waals surface area contributed by atoms with Crippen molar-refractivity contribution in [1.29, 1.82) is 0 Å². The number of nitrogens with two attached hydrogens (primary N) is 1. The van der Waals surface area contributed by atoms with E-state index in [1.807, 2.05) is 6.92 Å². The summed E-state index contributed by atoms with van der Waals surface area (Å²) in [6.07, 6.45) is 0. The molecule has 1 rings (SSSR count). The number of carbonyl (C=O) groups is 1. The van der Waals surface area contributed by atoms with Crippen molar-refractivity contribution in [3.05, 3.63) is 23.8 Å². The summed E-state index contributed by atoms with van der Waals surface area (Å²) in [5.41, 5.74) is 6.60. The maximum Gasteiger partial charge on any atom is 0.338 e. The zero-order valence-corrected chi connectivity index (χ0v) is 10.2. The van der Waals surface area contributed by atoms with Crippen LogP contribution >= 0.6 is 12.4 Å².